The van der Waals surface area contributed by atoms with Crippen molar-refractivity contribution in [3.05, 3.63) is 45.3 Å². The van der Waals surface area contributed by atoms with Crippen molar-refractivity contribution >= 4 is 22.8 Å². The van der Waals surface area contributed by atoms with Crippen LogP contribution in [0.2, 0.25) is 0 Å². The Kier molecular flexibility index (Phi) is 5.08. The molecule has 1 aliphatic carbocycles. The molecule has 4 rings (SSSR count). The lowest BCUT2D eigenvalue weighted by Gasteiger charge is -2.23. The maximum atomic E-state index is 14.9. The number of carboxylic acids is 1. The summed E-state index contributed by atoms with van der Waals surface area (Å²) in [6.07, 6.45) is 4.62. The van der Waals surface area contributed by atoms with E-state index in [4.69, 9.17) is 5.73 Å². The number of aromatic carboxylic acids is 1. The third-order valence-corrected chi connectivity index (χ3v) is 5.56. The van der Waals surface area contributed by atoms with Crippen LogP contribution in [0.3, 0.4) is 0 Å². The minimum atomic E-state index is -1.34. The van der Waals surface area contributed by atoms with Gasteiger partial charge in [0.05, 0.1) is 5.39 Å². The molecule has 7 nitrogen and oxygen atoms in total. The van der Waals surface area contributed by atoms with Crippen LogP contribution in [0.4, 0.5) is 14.6 Å². The van der Waals surface area contributed by atoms with Gasteiger partial charge in [0.2, 0.25) is 5.43 Å². The Balaban J connectivity index is 1.80. The average molecular weight is 404 g/mol. The molecule has 2 fully saturated rings. The van der Waals surface area contributed by atoms with Crippen molar-refractivity contribution in [3.63, 3.8) is 0 Å². The molecule has 29 heavy (non-hydrogen) atoms. The van der Waals surface area contributed by atoms with Crippen LogP contribution < -0.4 is 16.1 Å². The predicted octanol–water partition coefficient (Wildman–Crippen LogP) is 2.74. The van der Waals surface area contributed by atoms with Crippen LogP contribution in [0.5, 0.6) is 0 Å². The van der Waals surface area contributed by atoms with Crippen LogP contribution in [0.25, 0.3) is 11.0 Å². The van der Waals surface area contributed by atoms with E-state index in [9.17, 15) is 23.5 Å². The summed E-state index contributed by atoms with van der Waals surface area (Å²) < 4.78 is 30.5. The molecule has 0 radical (unpaired) electrons. The number of carboxylic acid groups (broad SMARTS) is 1. The Hall–Kier alpha value is -2.81. The van der Waals surface area contributed by atoms with E-state index in [1.165, 1.54) is 6.20 Å². The van der Waals surface area contributed by atoms with Gasteiger partial charge in [-0.3, -0.25) is 4.79 Å². The normalized spacial score (nSPS) is 19.3. The summed E-state index contributed by atoms with van der Waals surface area (Å²) in [5.74, 6) is -2.25. The second-order valence-electron chi connectivity index (χ2n) is 7.53. The van der Waals surface area contributed by atoms with Crippen LogP contribution >= 0.6 is 0 Å². The summed E-state index contributed by atoms with van der Waals surface area (Å²) in [5, 5.41) is 9.28. The molecule has 3 heterocycles. The number of hydrogen-bond donors (Lipinski definition) is 2. The highest BCUT2D eigenvalue weighted by Crippen LogP contribution is 2.37. The van der Waals surface area contributed by atoms with E-state index in [1.54, 1.807) is 9.47 Å². The number of rotatable bonds is 4. The Morgan fingerprint density at radius 3 is 2.72 bits per heavy atom. The van der Waals surface area contributed by atoms with Gasteiger partial charge in [-0.25, -0.2) is 18.6 Å². The van der Waals surface area contributed by atoms with Gasteiger partial charge >= 0.3 is 5.97 Å². The fraction of sp³-hybridized carbons (Fsp3) is 0.450. The van der Waals surface area contributed by atoms with Gasteiger partial charge in [0.15, 0.2) is 11.6 Å². The van der Waals surface area contributed by atoms with Crippen LogP contribution in [0, 0.1) is 5.82 Å². The topological polar surface area (TPSA) is 101 Å². The molecule has 1 saturated carbocycles. The van der Waals surface area contributed by atoms with E-state index in [0.717, 1.165) is 18.9 Å². The van der Waals surface area contributed by atoms with E-state index < -0.39 is 17.2 Å². The highest BCUT2D eigenvalue weighted by atomic mass is 19.1. The number of halogens is 2. The van der Waals surface area contributed by atoms with Gasteiger partial charge < -0.3 is 20.3 Å². The predicted molar refractivity (Wildman–Crippen MR) is 104 cm³/mol. The van der Waals surface area contributed by atoms with Crippen LogP contribution in [-0.2, 0) is 0 Å². The average Bonchev–Trinajstić information content (AvgIpc) is 3.54. The molecule has 1 aliphatic heterocycles. The number of carbonyl (C=O) groups is 1. The zero-order valence-corrected chi connectivity index (χ0v) is 15.8. The van der Waals surface area contributed by atoms with Crippen molar-refractivity contribution < 1.29 is 18.7 Å². The molecule has 154 valence electrons. The van der Waals surface area contributed by atoms with Crippen LogP contribution in [0.15, 0.2) is 28.5 Å². The van der Waals surface area contributed by atoms with E-state index >= 15 is 0 Å². The summed E-state index contributed by atoms with van der Waals surface area (Å²) in [7, 11) is 0. The van der Waals surface area contributed by atoms with Crippen molar-refractivity contribution in [3.8, 4) is 0 Å². The first kappa shape index (κ1) is 19.5. The second-order valence-corrected chi connectivity index (χ2v) is 7.53. The molecule has 0 spiro atoms. The minimum Gasteiger partial charge on any atom is -0.477 e. The van der Waals surface area contributed by atoms with Crippen molar-refractivity contribution in [2.45, 2.75) is 38.1 Å². The molecule has 0 bridgehead atoms. The maximum absolute atomic E-state index is 14.9. The molecule has 1 saturated heterocycles. The monoisotopic (exact) mass is 404 g/mol. The first-order valence-corrected chi connectivity index (χ1v) is 9.70. The third-order valence-electron chi connectivity index (χ3n) is 5.56. The first-order valence-electron chi connectivity index (χ1n) is 9.70. The summed E-state index contributed by atoms with van der Waals surface area (Å²) in [6, 6.07) is 1.13. The van der Waals surface area contributed by atoms with E-state index in [2.05, 4.69) is 4.98 Å². The van der Waals surface area contributed by atoms with Gasteiger partial charge in [0.1, 0.15) is 17.0 Å². The highest BCUT2D eigenvalue weighted by Gasteiger charge is 2.29. The number of pyridine rings is 2. The molecule has 0 aromatic carbocycles. The summed E-state index contributed by atoms with van der Waals surface area (Å²) in [5.41, 5.74) is 5.20. The molecule has 0 atom stereocenters. The quantitative estimate of drug-likeness (QED) is 0.813. The summed E-state index contributed by atoms with van der Waals surface area (Å²) >= 11 is 0. The SMILES string of the molecule is NC/C(F)=C1/CCCN(c2nc3c(cc2F)c(=O)c(C(=O)O)cn3C2CC2)CC1. The Labute approximate surface area is 165 Å². The van der Waals surface area contributed by atoms with Gasteiger partial charge in [-0.05, 0) is 43.7 Å². The lowest BCUT2D eigenvalue weighted by atomic mass is 10.1. The molecule has 3 N–H and O–H groups in total. The Morgan fingerprint density at radius 1 is 1.31 bits per heavy atom. The maximum Gasteiger partial charge on any atom is 0.341 e. The van der Waals surface area contributed by atoms with Crippen molar-refractivity contribution in [2.24, 2.45) is 5.73 Å². The number of hydrogen-bond acceptors (Lipinski definition) is 5. The number of nitrogens with zero attached hydrogens (tertiary/aromatic N) is 3. The Morgan fingerprint density at radius 2 is 2.07 bits per heavy atom. The first-order chi connectivity index (χ1) is 13.9. The van der Waals surface area contributed by atoms with Gasteiger partial charge in [-0.15, -0.1) is 0 Å². The Bertz CT molecular complexity index is 1080. The van der Waals surface area contributed by atoms with Crippen molar-refractivity contribution in [2.75, 3.05) is 24.5 Å². The lowest BCUT2D eigenvalue weighted by Crippen LogP contribution is -2.27. The van der Waals surface area contributed by atoms with Crippen LogP contribution in [-0.4, -0.2) is 40.3 Å². The molecule has 2 aromatic rings. The summed E-state index contributed by atoms with van der Waals surface area (Å²) in [4.78, 5) is 30.2. The minimum absolute atomic E-state index is 0.0392. The molecule has 2 aliphatic rings. The largest absolute Gasteiger partial charge is 0.477 e. The van der Waals surface area contributed by atoms with Crippen molar-refractivity contribution in [1.29, 1.82) is 0 Å². The number of anilines is 1. The van der Waals surface area contributed by atoms with Crippen molar-refractivity contribution in [1.82, 2.24) is 9.55 Å². The zero-order chi connectivity index (χ0) is 20.7. The second kappa shape index (κ2) is 7.55. The van der Waals surface area contributed by atoms with Gasteiger partial charge in [0.25, 0.3) is 0 Å². The standard InChI is InChI=1S/C20H22F2N4O3/c21-15-8-13-17(27)14(20(28)29)10-26(12-3-4-12)18(13)24-19(15)25-6-1-2-11(5-7-25)16(22)9-23/h8,10,12H,1-7,9,23H2,(H,28,29)/b16-11+. The smallest absolute Gasteiger partial charge is 0.341 e. The molecular weight excluding hydrogens is 382 g/mol. The van der Waals surface area contributed by atoms with Crippen LogP contribution in [0.1, 0.15) is 48.5 Å². The third kappa shape index (κ3) is 3.62. The molecular formula is C20H22F2N4O3. The van der Waals surface area contributed by atoms with Gasteiger partial charge in [-0.1, -0.05) is 0 Å². The van der Waals surface area contributed by atoms with E-state index in [-0.39, 0.29) is 40.8 Å². The zero-order valence-electron chi connectivity index (χ0n) is 15.8. The van der Waals surface area contributed by atoms with Gasteiger partial charge in [-0.2, -0.15) is 0 Å². The molecule has 9 heteroatoms. The fourth-order valence-corrected chi connectivity index (χ4v) is 3.86. The summed E-state index contributed by atoms with van der Waals surface area (Å²) in [6.45, 7) is 0.744. The molecule has 2 aromatic heterocycles. The molecule has 0 unspecified atom stereocenters. The number of fused-ring (bicyclic) bond motifs is 1. The van der Waals surface area contributed by atoms with E-state index in [1.807, 2.05) is 0 Å². The van der Waals surface area contributed by atoms with Gasteiger partial charge in [0, 0.05) is 31.9 Å². The van der Waals surface area contributed by atoms with E-state index in [0.29, 0.717) is 37.9 Å². The highest BCUT2D eigenvalue weighted by molar-refractivity contribution is 5.92. The number of nitrogens with two attached hydrogens (primary N) is 1. The number of aromatic nitrogens is 2. The lowest BCUT2D eigenvalue weighted by molar-refractivity contribution is 0.0695. The fourth-order valence-electron chi connectivity index (χ4n) is 3.86. The molecule has 0 amide bonds.